The molecule has 5 nitrogen and oxygen atoms in total. The molecule has 0 aliphatic rings. The molecule has 162 valence electrons. The Labute approximate surface area is 196 Å². The largest absolute Gasteiger partial charge is 0.358 e. The highest BCUT2D eigenvalue weighted by atomic mass is 32.2. The molecule has 0 unspecified atom stereocenters. The molecule has 33 heavy (non-hydrogen) atoms. The third-order valence-corrected chi connectivity index (χ3v) is 6.50. The number of aryl methyl sites for hydroxylation is 1. The first-order valence-electron chi connectivity index (χ1n) is 10.8. The number of fused-ring (bicyclic) bond motifs is 1. The Bertz CT molecular complexity index is 1430. The number of Topliss-reactive ketones (excluding diaryl/α,β-unsaturated/α-hetero) is 1. The lowest BCUT2D eigenvalue weighted by Crippen LogP contribution is -2.15. The highest BCUT2D eigenvalue weighted by molar-refractivity contribution is 8.00. The first kappa shape index (κ1) is 21.1. The van der Waals surface area contributed by atoms with Crippen LogP contribution in [0.4, 0.5) is 0 Å². The SMILES string of the molecule is Cc1[nH]c2ccccc2c1C(=O)[C@@H](C)Sc1nnc(-c2ccccc2)c(-c2ccccc2)n1. The Morgan fingerprint density at radius 3 is 2.12 bits per heavy atom. The maximum Gasteiger partial charge on any atom is 0.210 e. The van der Waals surface area contributed by atoms with E-state index in [-0.39, 0.29) is 11.0 Å². The van der Waals surface area contributed by atoms with Crippen LogP contribution in [0, 0.1) is 6.92 Å². The van der Waals surface area contributed by atoms with Crippen molar-refractivity contribution in [1.82, 2.24) is 20.2 Å². The summed E-state index contributed by atoms with van der Waals surface area (Å²) in [6, 6.07) is 27.7. The molecule has 0 aliphatic carbocycles. The summed E-state index contributed by atoms with van der Waals surface area (Å²) in [5.41, 5.74) is 5.94. The molecular formula is C27H22N4OS. The maximum atomic E-state index is 13.4. The monoisotopic (exact) mass is 450 g/mol. The Hall–Kier alpha value is -3.77. The van der Waals surface area contributed by atoms with Gasteiger partial charge in [-0.3, -0.25) is 4.79 Å². The van der Waals surface area contributed by atoms with E-state index in [1.54, 1.807) is 0 Å². The Morgan fingerprint density at radius 1 is 0.818 bits per heavy atom. The lowest BCUT2D eigenvalue weighted by Gasteiger charge is -2.12. The van der Waals surface area contributed by atoms with Crippen LogP contribution in [0.3, 0.4) is 0 Å². The molecule has 5 aromatic rings. The van der Waals surface area contributed by atoms with Gasteiger partial charge >= 0.3 is 0 Å². The van der Waals surface area contributed by atoms with E-state index in [4.69, 9.17) is 4.98 Å². The Kier molecular flexibility index (Phi) is 5.75. The molecule has 0 aliphatic heterocycles. The zero-order valence-electron chi connectivity index (χ0n) is 18.3. The molecule has 1 N–H and O–H groups in total. The van der Waals surface area contributed by atoms with Gasteiger partial charge in [0.05, 0.1) is 5.25 Å². The van der Waals surface area contributed by atoms with Crippen LogP contribution in [0.1, 0.15) is 23.0 Å². The molecule has 0 fully saturated rings. The van der Waals surface area contributed by atoms with Gasteiger partial charge in [0.15, 0.2) is 5.78 Å². The number of hydrogen-bond donors (Lipinski definition) is 1. The van der Waals surface area contributed by atoms with Crippen molar-refractivity contribution in [2.24, 2.45) is 0 Å². The van der Waals surface area contributed by atoms with Crippen LogP contribution >= 0.6 is 11.8 Å². The number of rotatable bonds is 6. The number of ketones is 1. The van der Waals surface area contributed by atoms with Gasteiger partial charge in [-0.15, -0.1) is 10.2 Å². The van der Waals surface area contributed by atoms with Crippen molar-refractivity contribution in [1.29, 1.82) is 0 Å². The third-order valence-electron chi connectivity index (χ3n) is 5.55. The lowest BCUT2D eigenvalue weighted by molar-refractivity contribution is 0.0995. The second-order valence-corrected chi connectivity index (χ2v) is 9.13. The summed E-state index contributed by atoms with van der Waals surface area (Å²) < 4.78 is 0. The number of nitrogens with zero attached hydrogens (tertiary/aromatic N) is 3. The molecule has 2 aromatic heterocycles. The zero-order valence-corrected chi connectivity index (χ0v) is 19.1. The number of carbonyl (C=O) groups excluding carboxylic acids is 1. The highest BCUT2D eigenvalue weighted by Gasteiger charge is 2.24. The van der Waals surface area contributed by atoms with E-state index >= 15 is 0 Å². The summed E-state index contributed by atoms with van der Waals surface area (Å²) in [6.45, 7) is 3.83. The minimum atomic E-state index is -0.365. The van der Waals surface area contributed by atoms with Crippen molar-refractivity contribution in [3.05, 3.63) is 96.2 Å². The normalized spacial score (nSPS) is 12.1. The molecule has 2 heterocycles. The van der Waals surface area contributed by atoms with Crippen molar-refractivity contribution < 1.29 is 4.79 Å². The van der Waals surface area contributed by atoms with Crippen LogP contribution in [-0.2, 0) is 0 Å². The second-order valence-electron chi connectivity index (χ2n) is 7.82. The van der Waals surface area contributed by atoms with Gasteiger partial charge in [0.1, 0.15) is 11.4 Å². The van der Waals surface area contributed by atoms with Crippen LogP contribution in [0.15, 0.2) is 90.1 Å². The number of carbonyl (C=O) groups is 1. The summed E-state index contributed by atoms with van der Waals surface area (Å²) in [6.07, 6.45) is 0. The topological polar surface area (TPSA) is 71.5 Å². The van der Waals surface area contributed by atoms with Crippen molar-refractivity contribution in [2.75, 3.05) is 0 Å². The Balaban J connectivity index is 1.50. The molecule has 0 saturated carbocycles. The van der Waals surface area contributed by atoms with Gasteiger partial charge in [0.2, 0.25) is 5.16 Å². The van der Waals surface area contributed by atoms with Crippen molar-refractivity contribution >= 4 is 28.4 Å². The van der Waals surface area contributed by atoms with E-state index in [2.05, 4.69) is 15.2 Å². The quantitative estimate of drug-likeness (QED) is 0.241. The molecule has 3 aromatic carbocycles. The van der Waals surface area contributed by atoms with Crippen molar-refractivity contribution in [3.63, 3.8) is 0 Å². The smallest absolute Gasteiger partial charge is 0.210 e. The molecule has 0 spiro atoms. The predicted octanol–water partition coefficient (Wildman–Crippen LogP) is 6.36. The van der Waals surface area contributed by atoms with Gasteiger partial charge in [0.25, 0.3) is 0 Å². The summed E-state index contributed by atoms with van der Waals surface area (Å²) >= 11 is 1.33. The van der Waals surface area contributed by atoms with Crippen molar-refractivity contribution in [3.8, 4) is 22.5 Å². The standard InChI is InChI=1S/C27H22N4OS/c1-17-23(21-15-9-10-16-22(21)28-17)26(32)18(2)33-27-29-24(19-11-5-3-6-12-19)25(30-31-27)20-13-7-4-8-14-20/h3-16,18,28H,1-2H3/t18-/m1/s1. The fourth-order valence-electron chi connectivity index (χ4n) is 3.96. The van der Waals surface area contributed by atoms with E-state index in [1.807, 2.05) is 98.8 Å². The number of aromatic amines is 1. The van der Waals surface area contributed by atoms with E-state index in [0.29, 0.717) is 5.16 Å². The fourth-order valence-corrected chi connectivity index (χ4v) is 4.73. The van der Waals surface area contributed by atoms with E-state index in [9.17, 15) is 4.79 Å². The minimum absolute atomic E-state index is 0.0481. The number of H-pyrrole nitrogens is 1. The molecule has 0 bridgehead atoms. The molecule has 0 amide bonds. The summed E-state index contributed by atoms with van der Waals surface area (Å²) in [7, 11) is 0. The summed E-state index contributed by atoms with van der Waals surface area (Å²) in [4.78, 5) is 21.5. The predicted molar refractivity (Wildman–Crippen MR) is 133 cm³/mol. The van der Waals surface area contributed by atoms with Gasteiger partial charge in [0, 0.05) is 33.3 Å². The zero-order chi connectivity index (χ0) is 22.8. The van der Waals surface area contributed by atoms with Crippen molar-refractivity contribution in [2.45, 2.75) is 24.3 Å². The Morgan fingerprint density at radius 2 is 1.42 bits per heavy atom. The molecule has 0 saturated heterocycles. The third kappa shape index (κ3) is 4.17. The molecule has 0 radical (unpaired) electrons. The summed E-state index contributed by atoms with van der Waals surface area (Å²) in [5, 5.41) is 9.94. The molecular weight excluding hydrogens is 428 g/mol. The van der Waals surface area contributed by atoms with Crippen LogP contribution in [-0.4, -0.2) is 31.2 Å². The van der Waals surface area contributed by atoms with E-state index < -0.39 is 0 Å². The van der Waals surface area contributed by atoms with Crippen LogP contribution < -0.4 is 0 Å². The number of nitrogens with one attached hydrogen (secondary N) is 1. The molecule has 1 atom stereocenters. The number of aromatic nitrogens is 4. The maximum absolute atomic E-state index is 13.4. The van der Waals surface area contributed by atoms with Crippen LogP contribution in [0.5, 0.6) is 0 Å². The number of benzene rings is 3. The summed E-state index contributed by atoms with van der Waals surface area (Å²) in [5.74, 6) is 0.0481. The molecule has 6 heteroatoms. The molecule has 5 rings (SSSR count). The fraction of sp³-hybridized carbons (Fsp3) is 0.111. The van der Waals surface area contributed by atoms with Crippen LogP contribution in [0.2, 0.25) is 0 Å². The number of para-hydroxylation sites is 1. The van der Waals surface area contributed by atoms with Crippen LogP contribution in [0.25, 0.3) is 33.4 Å². The first-order chi connectivity index (χ1) is 16.1. The number of hydrogen-bond acceptors (Lipinski definition) is 5. The van der Waals surface area contributed by atoms with E-state index in [1.165, 1.54) is 11.8 Å². The average molecular weight is 451 g/mol. The lowest BCUT2D eigenvalue weighted by atomic mass is 10.0. The van der Waals surface area contributed by atoms with E-state index in [0.717, 1.165) is 44.7 Å². The first-order valence-corrected chi connectivity index (χ1v) is 11.6. The van der Waals surface area contributed by atoms with Gasteiger partial charge in [-0.25, -0.2) is 4.98 Å². The van der Waals surface area contributed by atoms with Gasteiger partial charge in [-0.05, 0) is 19.9 Å². The highest BCUT2D eigenvalue weighted by Crippen LogP contribution is 2.32. The van der Waals surface area contributed by atoms with Gasteiger partial charge in [-0.2, -0.15) is 0 Å². The number of thioether (sulfide) groups is 1. The minimum Gasteiger partial charge on any atom is -0.358 e. The van der Waals surface area contributed by atoms with Gasteiger partial charge < -0.3 is 4.98 Å². The average Bonchev–Trinajstić information content (AvgIpc) is 3.20. The van der Waals surface area contributed by atoms with Gasteiger partial charge in [-0.1, -0.05) is 90.6 Å². The second kappa shape index (κ2) is 9.00.